The smallest absolute Gasteiger partial charge is 0.410 e. The Morgan fingerprint density at radius 2 is 1.97 bits per heavy atom. The Morgan fingerprint density at radius 1 is 1.17 bits per heavy atom. The lowest BCUT2D eigenvalue weighted by molar-refractivity contribution is 0.0120. The molecule has 6 rings (SSSR count). The number of ether oxygens (including phenoxy) is 3. The third-order valence-electron chi connectivity index (χ3n) is 6.70. The van der Waals surface area contributed by atoms with Crippen LogP contribution >= 0.6 is 11.3 Å². The molecule has 3 unspecified atom stereocenters. The maximum atomic E-state index is 12.9. The zero-order valence-electron chi connectivity index (χ0n) is 20.2. The van der Waals surface area contributed by atoms with Crippen molar-refractivity contribution in [3.8, 4) is 16.3 Å². The van der Waals surface area contributed by atoms with E-state index in [1.807, 2.05) is 43.2 Å². The Morgan fingerprint density at radius 3 is 2.63 bits per heavy atom. The molecule has 0 saturated carbocycles. The van der Waals surface area contributed by atoms with Crippen molar-refractivity contribution >= 4 is 34.5 Å². The van der Waals surface area contributed by atoms with Gasteiger partial charge in [0.15, 0.2) is 11.1 Å². The van der Waals surface area contributed by atoms with E-state index in [4.69, 9.17) is 23.6 Å². The molecular formula is C25H30N4O5S. The van der Waals surface area contributed by atoms with Gasteiger partial charge in [-0.15, -0.1) is 11.3 Å². The van der Waals surface area contributed by atoms with Gasteiger partial charge in [0.2, 0.25) is 0 Å². The average molecular weight is 499 g/mol. The molecule has 1 amide bonds. The lowest BCUT2D eigenvalue weighted by Crippen LogP contribution is -2.56. The number of carbonyl (C=O) groups is 1. The van der Waals surface area contributed by atoms with Crippen LogP contribution in [0, 0.1) is 0 Å². The molecule has 0 N–H and O–H groups in total. The van der Waals surface area contributed by atoms with Crippen LogP contribution in [-0.4, -0.2) is 71.1 Å². The normalized spacial score (nSPS) is 24.4. The maximum Gasteiger partial charge on any atom is 0.410 e. The van der Waals surface area contributed by atoms with Crippen molar-refractivity contribution in [2.45, 2.75) is 63.8 Å². The number of piperazine rings is 1. The highest BCUT2D eigenvalue weighted by atomic mass is 32.1. The predicted octanol–water partition coefficient (Wildman–Crippen LogP) is 4.71. The number of hydrogen-bond donors (Lipinski definition) is 0. The summed E-state index contributed by atoms with van der Waals surface area (Å²) < 4.78 is 23.8. The summed E-state index contributed by atoms with van der Waals surface area (Å²) in [6.07, 6.45) is 4.31. The molecule has 2 aromatic heterocycles. The number of anilines is 1. The summed E-state index contributed by atoms with van der Waals surface area (Å²) in [6.45, 7) is 8.30. The molecule has 5 heterocycles. The van der Waals surface area contributed by atoms with Crippen molar-refractivity contribution in [1.29, 1.82) is 0 Å². The van der Waals surface area contributed by atoms with E-state index >= 15 is 0 Å². The largest absolute Gasteiger partial charge is 0.486 e. The van der Waals surface area contributed by atoms with Gasteiger partial charge in [-0.05, 0) is 45.7 Å². The molecule has 3 aromatic rings. The van der Waals surface area contributed by atoms with Crippen molar-refractivity contribution in [3.63, 3.8) is 0 Å². The van der Waals surface area contributed by atoms with Gasteiger partial charge in [-0.3, -0.25) is 4.90 Å². The van der Waals surface area contributed by atoms with Crippen molar-refractivity contribution in [1.82, 2.24) is 14.9 Å². The standard InChI is InChI=1S/C25H30N4O5S/c1-25(2,3)34-24(30)29-15-4-5-16(29)13-28(12-15)23-27-20-19(32-17-8-10-31-14-17)7-6-18(21(20)33-23)22-26-9-11-35-22/h6-7,9,11,15-17H,4-5,8,10,12-14H2,1-3H3. The molecule has 3 aliphatic rings. The zero-order chi connectivity index (χ0) is 24.2. The summed E-state index contributed by atoms with van der Waals surface area (Å²) in [5.41, 5.74) is 1.76. The van der Waals surface area contributed by atoms with E-state index < -0.39 is 5.60 Å². The molecular weight excluding hydrogens is 468 g/mol. The lowest BCUT2D eigenvalue weighted by Gasteiger charge is -2.40. The van der Waals surface area contributed by atoms with Crippen molar-refractivity contribution in [2.24, 2.45) is 0 Å². The van der Waals surface area contributed by atoms with E-state index in [0.717, 1.165) is 29.8 Å². The van der Waals surface area contributed by atoms with E-state index in [-0.39, 0.29) is 24.3 Å². The van der Waals surface area contributed by atoms with E-state index in [2.05, 4.69) is 9.88 Å². The molecule has 2 bridgehead atoms. The van der Waals surface area contributed by atoms with E-state index in [1.165, 1.54) is 0 Å². The summed E-state index contributed by atoms with van der Waals surface area (Å²) in [6, 6.07) is 4.64. The number of amides is 1. The van der Waals surface area contributed by atoms with Crippen LogP contribution in [0.1, 0.15) is 40.0 Å². The fourth-order valence-corrected chi connectivity index (χ4v) is 5.84. The second kappa shape index (κ2) is 8.67. The first-order chi connectivity index (χ1) is 16.9. The number of aromatic nitrogens is 2. The van der Waals surface area contributed by atoms with E-state index in [9.17, 15) is 4.79 Å². The molecule has 1 aromatic carbocycles. The molecule has 3 atom stereocenters. The molecule has 10 heteroatoms. The Balaban J connectivity index is 1.31. The van der Waals surface area contributed by atoms with Gasteiger partial charge in [0.05, 0.1) is 30.9 Å². The van der Waals surface area contributed by atoms with Gasteiger partial charge < -0.3 is 23.5 Å². The SMILES string of the molecule is CC(C)(C)OC(=O)N1C2CCC1CN(c1nc3c(OC4CCOC4)ccc(-c4nccs4)c3o1)C2. The van der Waals surface area contributed by atoms with Crippen LogP contribution in [0.25, 0.3) is 21.7 Å². The van der Waals surface area contributed by atoms with Gasteiger partial charge in [0.25, 0.3) is 6.01 Å². The minimum absolute atomic E-state index is 0.0114. The number of nitrogens with zero attached hydrogens (tertiary/aromatic N) is 4. The third-order valence-corrected chi connectivity index (χ3v) is 7.50. The lowest BCUT2D eigenvalue weighted by atomic mass is 10.2. The fourth-order valence-electron chi connectivity index (χ4n) is 5.18. The minimum atomic E-state index is -0.513. The van der Waals surface area contributed by atoms with Gasteiger partial charge in [0.1, 0.15) is 22.5 Å². The molecule has 3 saturated heterocycles. The summed E-state index contributed by atoms with van der Waals surface area (Å²) in [5.74, 6) is 0.696. The second-order valence-corrected chi connectivity index (χ2v) is 11.3. The van der Waals surface area contributed by atoms with Crippen LogP contribution in [0.5, 0.6) is 5.75 Å². The number of benzene rings is 1. The van der Waals surface area contributed by atoms with Crippen LogP contribution in [0.4, 0.5) is 10.8 Å². The molecule has 0 radical (unpaired) electrons. The Kier molecular flexibility index (Phi) is 5.60. The summed E-state index contributed by atoms with van der Waals surface area (Å²) in [5, 5.41) is 2.83. The number of rotatable bonds is 4. The number of fused-ring (bicyclic) bond motifs is 3. The first kappa shape index (κ1) is 22.6. The van der Waals surface area contributed by atoms with Gasteiger partial charge in [-0.1, -0.05) is 0 Å². The first-order valence-corrected chi connectivity index (χ1v) is 13.1. The van der Waals surface area contributed by atoms with Crippen LogP contribution in [-0.2, 0) is 9.47 Å². The molecule has 0 spiro atoms. The summed E-state index contributed by atoms with van der Waals surface area (Å²) in [4.78, 5) is 26.3. The molecule has 3 fully saturated rings. The average Bonchev–Trinajstić information content (AvgIpc) is 3.60. The quantitative estimate of drug-likeness (QED) is 0.511. The molecule has 0 aliphatic carbocycles. The summed E-state index contributed by atoms with van der Waals surface area (Å²) in [7, 11) is 0. The van der Waals surface area contributed by atoms with Crippen molar-refractivity contribution in [3.05, 3.63) is 23.7 Å². The fraction of sp³-hybridized carbons (Fsp3) is 0.560. The predicted molar refractivity (Wildman–Crippen MR) is 132 cm³/mol. The van der Waals surface area contributed by atoms with Crippen LogP contribution in [0.3, 0.4) is 0 Å². The number of hydrogen-bond acceptors (Lipinski definition) is 9. The number of thiazole rings is 1. The number of carbonyl (C=O) groups excluding carboxylic acids is 1. The molecule has 9 nitrogen and oxygen atoms in total. The van der Waals surface area contributed by atoms with Gasteiger partial charge in [0, 0.05) is 31.1 Å². The first-order valence-electron chi connectivity index (χ1n) is 12.2. The van der Waals surface area contributed by atoms with Gasteiger partial charge in [-0.25, -0.2) is 9.78 Å². The molecule has 3 aliphatic heterocycles. The zero-order valence-corrected chi connectivity index (χ0v) is 21.0. The maximum absolute atomic E-state index is 12.9. The van der Waals surface area contributed by atoms with Crippen molar-refractivity contribution < 1.29 is 23.4 Å². The van der Waals surface area contributed by atoms with Crippen LogP contribution < -0.4 is 9.64 Å². The highest BCUT2D eigenvalue weighted by Crippen LogP contribution is 2.40. The summed E-state index contributed by atoms with van der Waals surface area (Å²) >= 11 is 1.56. The topological polar surface area (TPSA) is 90.2 Å². The Bertz CT molecular complexity index is 1200. The van der Waals surface area contributed by atoms with Crippen LogP contribution in [0.2, 0.25) is 0 Å². The molecule has 186 valence electrons. The van der Waals surface area contributed by atoms with E-state index in [0.29, 0.717) is 49.2 Å². The van der Waals surface area contributed by atoms with E-state index in [1.54, 1.807) is 17.5 Å². The van der Waals surface area contributed by atoms with Crippen LogP contribution in [0.15, 0.2) is 28.1 Å². The highest BCUT2D eigenvalue weighted by molar-refractivity contribution is 7.13. The monoisotopic (exact) mass is 498 g/mol. The Labute approximate surface area is 208 Å². The third kappa shape index (κ3) is 4.33. The highest BCUT2D eigenvalue weighted by Gasteiger charge is 2.45. The van der Waals surface area contributed by atoms with Gasteiger partial charge in [-0.2, -0.15) is 4.98 Å². The Hall–Kier alpha value is -2.85. The minimum Gasteiger partial charge on any atom is -0.486 e. The number of oxazole rings is 1. The van der Waals surface area contributed by atoms with Crippen molar-refractivity contribution in [2.75, 3.05) is 31.2 Å². The second-order valence-electron chi connectivity index (χ2n) is 10.4. The van der Waals surface area contributed by atoms with Gasteiger partial charge >= 0.3 is 6.09 Å². The molecule has 35 heavy (non-hydrogen) atoms.